The number of ether oxygens (including phenoxy) is 1. The number of hydrogen-bond donors (Lipinski definition) is 1. The van der Waals surface area contributed by atoms with Crippen molar-refractivity contribution in [2.24, 2.45) is 0 Å². The van der Waals surface area contributed by atoms with Gasteiger partial charge in [-0.25, -0.2) is 4.79 Å². The highest BCUT2D eigenvalue weighted by atomic mass is 79.9. The Kier molecular flexibility index (Phi) is 3.90. The normalized spacial score (nSPS) is 10.5. The van der Waals surface area contributed by atoms with Crippen LogP contribution in [0.25, 0.3) is 0 Å². The number of hydrogen-bond acceptors (Lipinski definition) is 3. The molecule has 5 nitrogen and oxygen atoms in total. The largest absolute Gasteiger partial charge is 0.496 e. The molecule has 0 spiro atoms. The smallest absolute Gasteiger partial charge is 0.328 e. The van der Waals surface area contributed by atoms with Crippen LogP contribution >= 0.6 is 15.9 Å². The minimum atomic E-state index is -0.447. The van der Waals surface area contributed by atoms with Gasteiger partial charge in [-0.15, -0.1) is 0 Å². The molecule has 19 heavy (non-hydrogen) atoms. The van der Waals surface area contributed by atoms with Gasteiger partial charge in [-0.2, -0.15) is 0 Å². The predicted octanol–water partition coefficient (Wildman–Crippen LogP) is 1.66. The molecular weight excluding hydrogens is 312 g/mol. The Bertz CT molecular complexity index is 719. The van der Waals surface area contributed by atoms with Crippen molar-refractivity contribution in [2.45, 2.75) is 13.5 Å². The summed E-state index contributed by atoms with van der Waals surface area (Å²) < 4.78 is 7.01. The SMILES string of the molecule is COc1ccc(C)cc1Cn1cc(Br)c(=O)[nH]c1=O. The molecule has 0 saturated heterocycles. The third-order valence-electron chi connectivity index (χ3n) is 2.74. The van der Waals surface area contributed by atoms with Gasteiger partial charge in [0.1, 0.15) is 5.75 Å². The second kappa shape index (κ2) is 5.44. The summed E-state index contributed by atoms with van der Waals surface area (Å²) in [5.74, 6) is 0.708. The van der Waals surface area contributed by atoms with Crippen molar-refractivity contribution >= 4 is 15.9 Å². The molecule has 1 aromatic carbocycles. The van der Waals surface area contributed by atoms with Gasteiger partial charge >= 0.3 is 5.69 Å². The summed E-state index contributed by atoms with van der Waals surface area (Å²) in [7, 11) is 1.58. The van der Waals surface area contributed by atoms with E-state index in [0.717, 1.165) is 11.1 Å². The molecule has 1 heterocycles. The number of H-pyrrole nitrogens is 1. The molecule has 0 saturated carbocycles. The van der Waals surface area contributed by atoms with Crippen molar-refractivity contribution in [3.8, 4) is 5.75 Å². The second-order valence-electron chi connectivity index (χ2n) is 4.18. The quantitative estimate of drug-likeness (QED) is 0.934. The number of benzene rings is 1. The second-order valence-corrected chi connectivity index (χ2v) is 5.03. The zero-order valence-electron chi connectivity index (χ0n) is 10.6. The lowest BCUT2D eigenvalue weighted by Gasteiger charge is -2.11. The summed E-state index contributed by atoms with van der Waals surface area (Å²) in [6.45, 7) is 2.30. The maximum Gasteiger partial charge on any atom is 0.328 e. The number of nitrogens with zero attached hydrogens (tertiary/aromatic N) is 1. The number of aryl methyl sites for hydroxylation is 1. The van der Waals surface area contributed by atoms with Gasteiger partial charge in [0.25, 0.3) is 5.56 Å². The monoisotopic (exact) mass is 324 g/mol. The standard InChI is InChI=1S/C13H13BrN2O3/c1-8-3-4-11(19-2)9(5-8)6-16-7-10(14)12(17)15-13(16)18/h3-5,7H,6H2,1-2H3,(H,15,17,18). The molecule has 2 aromatic rings. The van der Waals surface area contributed by atoms with Crippen LogP contribution in [0.4, 0.5) is 0 Å². The maximum atomic E-state index is 11.7. The molecular formula is C13H13BrN2O3. The lowest BCUT2D eigenvalue weighted by molar-refractivity contribution is 0.408. The molecule has 100 valence electrons. The van der Waals surface area contributed by atoms with Crippen molar-refractivity contribution in [1.82, 2.24) is 9.55 Å². The third kappa shape index (κ3) is 2.96. The Morgan fingerprint density at radius 3 is 2.79 bits per heavy atom. The molecule has 0 atom stereocenters. The first-order valence-electron chi connectivity index (χ1n) is 5.64. The zero-order valence-corrected chi connectivity index (χ0v) is 12.2. The van der Waals surface area contributed by atoms with Gasteiger partial charge in [-0.1, -0.05) is 17.7 Å². The van der Waals surface area contributed by atoms with Crippen LogP contribution in [0, 0.1) is 6.92 Å². The van der Waals surface area contributed by atoms with Crippen molar-refractivity contribution < 1.29 is 4.74 Å². The maximum absolute atomic E-state index is 11.7. The highest BCUT2D eigenvalue weighted by Gasteiger charge is 2.07. The molecule has 1 N–H and O–H groups in total. The van der Waals surface area contributed by atoms with E-state index in [1.165, 1.54) is 10.8 Å². The predicted molar refractivity (Wildman–Crippen MR) is 75.9 cm³/mol. The lowest BCUT2D eigenvalue weighted by Crippen LogP contribution is -2.30. The highest BCUT2D eigenvalue weighted by Crippen LogP contribution is 2.20. The molecule has 0 bridgehead atoms. The van der Waals surface area contributed by atoms with Crippen LogP contribution in [0.15, 0.2) is 38.5 Å². The summed E-state index contributed by atoms with van der Waals surface area (Å²) in [5, 5.41) is 0. The third-order valence-corrected chi connectivity index (χ3v) is 3.31. The van der Waals surface area contributed by atoms with E-state index in [1.54, 1.807) is 7.11 Å². The number of rotatable bonds is 3. The molecule has 0 amide bonds. The van der Waals surface area contributed by atoms with Crippen molar-refractivity contribution in [2.75, 3.05) is 7.11 Å². The van der Waals surface area contributed by atoms with Crippen LogP contribution in [0.2, 0.25) is 0 Å². The average molecular weight is 325 g/mol. The van der Waals surface area contributed by atoms with Gasteiger partial charge < -0.3 is 4.74 Å². The summed E-state index contributed by atoms with van der Waals surface area (Å²) in [4.78, 5) is 25.3. The van der Waals surface area contributed by atoms with E-state index >= 15 is 0 Å². The summed E-state index contributed by atoms with van der Waals surface area (Å²) >= 11 is 3.11. The fraction of sp³-hybridized carbons (Fsp3) is 0.231. The molecule has 0 aliphatic heterocycles. The summed E-state index contributed by atoms with van der Waals surface area (Å²) in [6, 6.07) is 5.74. The van der Waals surface area contributed by atoms with Crippen LogP contribution in [0.1, 0.15) is 11.1 Å². The lowest BCUT2D eigenvalue weighted by atomic mass is 10.1. The molecule has 0 aliphatic carbocycles. The van der Waals surface area contributed by atoms with E-state index in [9.17, 15) is 9.59 Å². The van der Waals surface area contributed by atoms with Crippen molar-refractivity contribution in [3.05, 3.63) is 60.8 Å². The fourth-order valence-electron chi connectivity index (χ4n) is 1.81. The van der Waals surface area contributed by atoms with Gasteiger partial charge in [0, 0.05) is 11.8 Å². The Morgan fingerprint density at radius 1 is 1.37 bits per heavy atom. The highest BCUT2D eigenvalue weighted by molar-refractivity contribution is 9.10. The minimum absolute atomic E-state index is 0.318. The molecule has 0 unspecified atom stereocenters. The van der Waals surface area contributed by atoms with Crippen LogP contribution in [0.5, 0.6) is 5.75 Å². The topological polar surface area (TPSA) is 64.1 Å². The minimum Gasteiger partial charge on any atom is -0.496 e. The summed E-state index contributed by atoms with van der Waals surface area (Å²) in [5.41, 5.74) is 1.07. The van der Waals surface area contributed by atoms with Crippen molar-refractivity contribution in [1.29, 1.82) is 0 Å². The molecule has 2 rings (SSSR count). The van der Waals surface area contributed by atoms with Gasteiger partial charge in [-0.3, -0.25) is 14.3 Å². The van der Waals surface area contributed by atoms with E-state index in [4.69, 9.17) is 4.74 Å². The van der Waals surface area contributed by atoms with Crippen LogP contribution in [0.3, 0.4) is 0 Å². The zero-order chi connectivity index (χ0) is 14.0. The summed E-state index contributed by atoms with van der Waals surface area (Å²) in [6.07, 6.45) is 1.48. The number of nitrogens with one attached hydrogen (secondary N) is 1. The van der Waals surface area contributed by atoms with Gasteiger partial charge in [0.2, 0.25) is 0 Å². The Hall–Kier alpha value is -1.82. The van der Waals surface area contributed by atoms with E-state index < -0.39 is 11.2 Å². The molecule has 0 fully saturated rings. The van der Waals surface area contributed by atoms with E-state index in [0.29, 0.717) is 16.8 Å². The van der Waals surface area contributed by atoms with E-state index in [1.807, 2.05) is 25.1 Å². The number of aromatic nitrogens is 2. The first kappa shape index (κ1) is 13.6. The number of halogens is 1. The van der Waals surface area contributed by atoms with E-state index in [-0.39, 0.29) is 0 Å². The van der Waals surface area contributed by atoms with Gasteiger partial charge in [0.15, 0.2) is 0 Å². The van der Waals surface area contributed by atoms with Crippen LogP contribution in [-0.4, -0.2) is 16.7 Å². The van der Waals surface area contributed by atoms with Crippen LogP contribution < -0.4 is 16.0 Å². The molecule has 0 radical (unpaired) electrons. The average Bonchev–Trinajstić information content (AvgIpc) is 2.36. The van der Waals surface area contributed by atoms with Gasteiger partial charge in [0.05, 0.1) is 18.1 Å². The number of aromatic amines is 1. The first-order chi connectivity index (χ1) is 9.01. The van der Waals surface area contributed by atoms with Crippen LogP contribution in [-0.2, 0) is 6.54 Å². The van der Waals surface area contributed by atoms with Gasteiger partial charge in [-0.05, 0) is 28.9 Å². The molecule has 0 aliphatic rings. The molecule has 6 heteroatoms. The van der Waals surface area contributed by atoms with Crippen molar-refractivity contribution in [3.63, 3.8) is 0 Å². The van der Waals surface area contributed by atoms with E-state index in [2.05, 4.69) is 20.9 Å². The Balaban J connectivity index is 2.47. The first-order valence-corrected chi connectivity index (χ1v) is 6.43. The Labute approximate surface area is 118 Å². The fourth-order valence-corrected chi connectivity index (χ4v) is 2.16. The Morgan fingerprint density at radius 2 is 2.11 bits per heavy atom. The molecule has 1 aromatic heterocycles. The number of methoxy groups -OCH3 is 1.